The Kier molecular flexibility index (Phi) is 10.6. The summed E-state index contributed by atoms with van der Waals surface area (Å²) in [5.74, 6) is 0.696. The lowest BCUT2D eigenvalue weighted by molar-refractivity contribution is 0.527. The molecule has 0 aliphatic rings. The van der Waals surface area contributed by atoms with E-state index in [1.807, 2.05) is 11.3 Å². The van der Waals surface area contributed by atoms with Crippen LogP contribution in [0.1, 0.15) is 104 Å². The van der Waals surface area contributed by atoms with E-state index in [0.717, 1.165) is 6.42 Å². The van der Waals surface area contributed by atoms with Gasteiger partial charge in [0.15, 0.2) is 0 Å². The first-order valence-corrected chi connectivity index (χ1v) is 10.6. The van der Waals surface area contributed by atoms with E-state index in [1.165, 1.54) is 79.5 Å². The highest BCUT2D eigenvalue weighted by Gasteiger charge is 2.18. The van der Waals surface area contributed by atoms with Gasteiger partial charge in [0.05, 0.1) is 0 Å². The van der Waals surface area contributed by atoms with Crippen molar-refractivity contribution in [3.8, 4) is 0 Å². The predicted molar refractivity (Wildman–Crippen MR) is 108 cm³/mol. The molecule has 0 bridgehead atoms. The molecule has 1 aromatic rings. The van der Waals surface area contributed by atoms with Crippen molar-refractivity contribution < 1.29 is 0 Å². The second-order valence-electron chi connectivity index (χ2n) is 7.09. The maximum atomic E-state index is 3.99. The first kappa shape index (κ1) is 20.5. The van der Waals surface area contributed by atoms with E-state index >= 15 is 0 Å². The van der Waals surface area contributed by atoms with Gasteiger partial charge in [-0.2, -0.15) is 0 Å². The minimum absolute atomic E-state index is 0.696. The Morgan fingerprint density at radius 1 is 0.870 bits per heavy atom. The molecule has 0 aromatic carbocycles. The molecule has 1 heterocycles. The van der Waals surface area contributed by atoms with Gasteiger partial charge in [-0.15, -0.1) is 17.9 Å². The molecule has 0 radical (unpaired) electrons. The van der Waals surface area contributed by atoms with Crippen LogP contribution in [0.3, 0.4) is 0 Å². The van der Waals surface area contributed by atoms with Crippen LogP contribution in [0.4, 0.5) is 0 Å². The molecule has 1 aromatic heterocycles. The van der Waals surface area contributed by atoms with Crippen molar-refractivity contribution in [2.45, 2.75) is 104 Å². The Morgan fingerprint density at radius 2 is 1.43 bits per heavy atom. The largest absolute Gasteiger partial charge is 0.145 e. The van der Waals surface area contributed by atoms with Crippen LogP contribution < -0.4 is 0 Å². The number of rotatable bonds is 13. The molecule has 0 fully saturated rings. The van der Waals surface area contributed by atoms with Crippen molar-refractivity contribution in [1.29, 1.82) is 0 Å². The number of unbranched alkanes of at least 4 members (excludes halogenated alkanes) is 8. The Bertz CT molecular complexity index is 441. The maximum Gasteiger partial charge on any atom is 0.00547 e. The van der Waals surface area contributed by atoms with Crippen molar-refractivity contribution in [2.75, 3.05) is 0 Å². The molecule has 0 aliphatic heterocycles. The molecule has 0 saturated heterocycles. The average molecular weight is 335 g/mol. The predicted octanol–water partition coefficient (Wildman–Crippen LogP) is 8.25. The van der Waals surface area contributed by atoms with Gasteiger partial charge in [0, 0.05) is 9.75 Å². The fourth-order valence-electron chi connectivity index (χ4n) is 3.69. The van der Waals surface area contributed by atoms with E-state index < -0.39 is 0 Å². The fourth-order valence-corrected chi connectivity index (χ4v) is 4.84. The molecule has 1 atom stereocenters. The second kappa shape index (κ2) is 11.9. The maximum absolute atomic E-state index is 3.99. The summed E-state index contributed by atoms with van der Waals surface area (Å²) in [6.45, 7) is 13.1. The molecule has 1 unspecified atom stereocenters. The monoisotopic (exact) mass is 334 g/mol. The summed E-state index contributed by atoms with van der Waals surface area (Å²) in [4.78, 5) is 3.03. The Labute approximate surface area is 149 Å². The molecule has 1 rings (SSSR count). The topological polar surface area (TPSA) is 0 Å². The van der Waals surface area contributed by atoms with Gasteiger partial charge in [0.2, 0.25) is 0 Å². The second-order valence-corrected chi connectivity index (χ2v) is 8.52. The minimum Gasteiger partial charge on any atom is -0.145 e. The highest BCUT2D eigenvalue weighted by Crippen LogP contribution is 2.37. The molecule has 0 spiro atoms. The summed E-state index contributed by atoms with van der Waals surface area (Å²) in [5, 5.41) is 0. The normalized spacial score (nSPS) is 12.5. The molecule has 1 heteroatoms. The van der Waals surface area contributed by atoms with Crippen molar-refractivity contribution in [3.63, 3.8) is 0 Å². The lowest BCUT2D eigenvalue weighted by Crippen LogP contribution is -2.00. The van der Waals surface area contributed by atoms with Gasteiger partial charge < -0.3 is 0 Å². The highest BCUT2D eigenvalue weighted by atomic mass is 32.1. The van der Waals surface area contributed by atoms with Gasteiger partial charge in [-0.3, -0.25) is 0 Å². The number of hydrogen-bond acceptors (Lipinski definition) is 1. The van der Waals surface area contributed by atoms with E-state index in [9.17, 15) is 0 Å². The summed E-state index contributed by atoms with van der Waals surface area (Å²) >= 11 is 1.97. The molecule has 0 saturated carbocycles. The van der Waals surface area contributed by atoms with Crippen molar-refractivity contribution in [1.82, 2.24) is 0 Å². The molecular formula is C22H38S. The van der Waals surface area contributed by atoms with Crippen LogP contribution in [0.25, 0.3) is 0 Å². The fraction of sp³-hybridized carbons (Fsp3) is 0.727. The third kappa shape index (κ3) is 7.25. The third-order valence-corrected chi connectivity index (χ3v) is 6.27. The van der Waals surface area contributed by atoms with Crippen molar-refractivity contribution in [2.24, 2.45) is 0 Å². The average Bonchev–Trinajstić information content (AvgIpc) is 2.77. The summed E-state index contributed by atoms with van der Waals surface area (Å²) in [5.41, 5.74) is 3.17. The molecular weight excluding hydrogens is 296 g/mol. The standard InChI is InChI=1S/C22H38S/c1-6-8-9-10-11-12-13-14-15-17-21(16-7-2)22-18(3)19(4)23-20(22)5/h7,21H,2,6,8-17H2,1,3-5H3. The summed E-state index contributed by atoms with van der Waals surface area (Å²) in [6, 6.07) is 0. The zero-order valence-corrected chi connectivity index (χ0v) is 16.9. The number of allylic oxidation sites excluding steroid dienone is 1. The van der Waals surface area contributed by atoms with Gasteiger partial charge in [-0.25, -0.2) is 0 Å². The van der Waals surface area contributed by atoms with Crippen LogP contribution in [0.5, 0.6) is 0 Å². The Morgan fingerprint density at radius 3 is 1.91 bits per heavy atom. The van der Waals surface area contributed by atoms with E-state index in [4.69, 9.17) is 0 Å². The zero-order chi connectivity index (χ0) is 17.1. The Hall–Kier alpha value is -0.560. The van der Waals surface area contributed by atoms with Crippen LogP contribution >= 0.6 is 11.3 Å². The van der Waals surface area contributed by atoms with Crippen molar-refractivity contribution >= 4 is 11.3 Å². The van der Waals surface area contributed by atoms with Gasteiger partial charge in [-0.05, 0) is 50.7 Å². The van der Waals surface area contributed by atoms with Gasteiger partial charge in [0.25, 0.3) is 0 Å². The molecule has 0 nitrogen and oxygen atoms in total. The molecule has 0 aliphatic carbocycles. The number of thiophene rings is 1. The summed E-state index contributed by atoms with van der Waals surface area (Å²) < 4.78 is 0. The number of aryl methyl sites for hydroxylation is 2. The summed E-state index contributed by atoms with van der Waals surface area (Å²) in [7, 11) is 0. The Balaban J connectivity index is 2.30. The molecule has 23 heavy (non-hydrogen) atoms. The minimum atomic E-state index is 0.696. The molecule has 0 N–H and O–H groups in total. The van der Waals surface area contributed by atoms with Crippen LogP contribution in [0.2, 0.25) is 0 Å². The van der Waals surface area contributed by atoms with E-state index in [1.54, 1.807) is 5.56 Å². The lowest BCUT2D eigenvalue weighted by atomic mass is 9.88. The van der Waals surface area contributed by atoms with Crippen LogP contribution in [0, 0.1) is 20.8 Å². The van der Waals surface area contributed by atoms with E-state index in [2.05, 4.69) is 40.3 Å². The number of hydrogen-bond donors (Lipinski definition) is 0. The van der Waals surface area contributed by atoms with Crippen LogP contribution in [0.15, 0.2) is 12.7 Å². The quantitative estimate of drug-likeness (QED) is 0.251. The molecule has 0 amide bonds. The van der Waals surface area contributed by atoms with Crippen LogP contribution in [-0.4, -0.2) is 0 Å². The van der Waals surface area contributed by atoms with E-state index in [0.29, 0.717) is 5.92 Å². The van der Waals surface area contributed by atoms with Gasteiger partial charge in [0.1, 0.15) is 0 Å². The van der Waals surface area contributed by atoms with E-state index in [-0.39, 0.29) is 0 Å². The van der Waals surface area contributed by atoms with Crippen LogP contribution in [-0.2, 0) is 0 Å². The first-order valence-electron chi connectivity index (χ1n) is 9.79. The lowest BCUT2D eigenvalue weighted by Gasteiger charge is -2.17. The summed E-state index contributed by atoms with van der Waals surface area (Å²) in [6.07, 6.45) is 17.3. The third-order valence-electron chi connectivity index (χ3n) is 5.13. The first-order chi connectivity index (χ1) is 11.1. The zero-order valence-electron chi connectivity index (χ0n) is 16.0. The highest BCUT2D eigenvalue weighted by molar-refractivity contribution is 7.12. The van der Waals surface area contributed by atoms with Crippen molar-refractivity contribution in [3.05, 3.63) is 33.5 Å². The smallest absolute Gasteiger partial charge is 0.00547 e. The SMILES string of the molecule is C=CCC(CCCCCCCCCCC)c1c(C)sc(C)c1C. The van der Waals surface area contributed by atoms with Gasteiger partial charge >= 0.3 is 0 Å². The van der Waals surface area contributed by atoms with Gasteiger partial charge in [-0.1, -0.05) is 70.8 Å². The molecule has 132 valence electrons.